The molecular weight excluding hydrogens is 446 g/mol. The Hall–Kier alpha value is -3.16. The third-order valence-electron chi connectivity index (χ3n) is 6.06. The van der Waals surface area contributed by atoms with Gasteiger partial charge in [0.2, 0.25) is 0 Å². The largest absolute Gasteiger partial charge is 0.348 e. The van der Waals surface area contributed by atoms with Crippen LogP contribution in [0.4, 0.5) is 5.69 Å². The average Bonchev–Trinajstić information content (AvgIpc) is 3.30. The molecule has 2 N–H and O–H groups in total. The normalized spacial score (nSPS) is 14.2. The zero-order valence-corrected chi connectivity index (χ0v) is 20.5. The van der Waals surface area contributed by atoms with Crippen LogP contribution in [0.5, 0.6) is 0 Å². The predicted molar refractivity (Wildman–Crippen MR) is 135 cm³/mol. The first-order valence-electron chi connectivity index (χ1n) is 11.6. The third-order valence-corrected chi connectivity index (χ3v) is 7.58. The molecule has 0 aromatic heterocycles. The molecule has 1 fully saturated rings. The highest BCUT2D eigenvalue weighted by atomic mass is 32.2. The van der Waals surface area contributed by atoms with Gasteiger partial charge in [-0.2, -0.15) is 0 Å². The molecule has 0 radical (unpaired) electrons. The minimum atomic E-state index is -3.84. The molecule has 34 heavy (non-hydrogen) atoms. The molecular formula is C27H31N3O3S. The number of hydrogen-bond acceptors (Lipinski definition) is 4. The van der Waals surface area contributed by atoms with Crippen molar-refractivity contribution in [3.8, 4) is 0 Å². The van der Waals surface area contributed by atoms with E-state index in [1.54, 1.807) is 37.3 Å². The van der Waals surface area contributed by atoms with Gasteiger partial charge in [0.1, 0.15) is 0 Å². The summed E-state index contributed by atoms with van der Waals surface area (Å²) >= 11 is 0. The molecule has 1 saturated heterocycles. The maximum atomic E-state index is 13.0. The topological polar surface area (TPSA) is 78.5 Å². The zero-order chi connectivity index (χ0) is 24.1. The highest BCUT2D eigenvalue weighted by Gasteiger charge is 2.19. The molecule has 1 heterocycles. The summed E-state index contributed by atoms with van der Waals surface area (Å²) in [5.41, 5.74) is 4.58. The van der Waals surface area contributed by atoms with Crippen LogP contribution in [0.2, 0.25) is 0 Å². The fourth-order valence-electron chi connectivity index (χ4n) is 4.27. The molecule has 0 aliphatic carbocycles. The Kier molecular flexibility index (Phi) is 7.34. The van der Waals surface area contributed by atoms with Gasteiger partial charge < -0.3 is 5.32 Å². The lowest BCUT2D eigenvalue weighted by Gasteiger charge is -2.15. The molecule has 7 heteroatoms. The van der Waals surface area contributed by atoms with E-state index in [2.05, 4.69) is 27.1 Å². The van der Waals surface area contributed by atoms with Crippen molar-refractivity contribution >= 4 is 21.6 Å². The van der Waals surface area contributed by atoms with Crippen LogP contribution in [0.1, 0.15) is 45.5 Å². The number of carbonyl (C=O) groups excluding carboxylic acids is 1. The Morgan fingerprint density at radius 2 is 1.65 bits per heavy atom. The summed E-state index contributed by atoms with van der Waals surface area (Å²) in [6.45, 7) is 7.20. The number of carbonyl (C=O) groups is 1. The van der Waals surface area contributed by atoms with Crippen molar-refractivity contribution in [1.82, 2.24) is 10.2 Å². The second-order valence-electron chi connectivity index (χ2n) is 8.94. The van der Waals surface area contributed by atoms with E-state index < -0.39 is 10.0 Å². The standard InChI is InChI=1S/C27H31N3O3S/c1-20-7-5-10-25(15-20)29-34(32,33)26-17-24(12-11-21(26)2)27(31)28-18-22-8-6-9-23(16-22)19-30-13-3-4-14-30/h5-12,15-17,29H,3-4,13-14,18-19H2,1-2H3,(H,28,31). The molecule has 6 nitrogen and oxygen atoms in total. The van der Waals surface area contributed by atoms with Crippen molar-refractivity contribution < 1.29 is 13.2 Å². The van der Waals surface area contributed by atoms with Crippen LogP contribution >= 0.6 is 0 Å². The Bertz CT molecular complexity index is 1280. The summed E-state index contributed by atoms with van der Waals surface area (Å²) in [5.74, 6) is -0.308. The second-order valence-corrected chi connectivity index (χ2v) is 10.6. The van der Waals surface area contributed by atoms with Crippen molar-refractivity contribution in [2.24, 2.45) is 0 Å². The van der Waals surface area contributed by atoms with Gasteiger partial charge in [-0.05, 0) is 86.3 Å². The van der Waals surface area contributed by atoms with Gasteiger partial charge >= 0.3 is 0 Å². The highest BCUT2D eigenvalue weighted by Crippen LogP contribution is 2.22. The third kappa shape index (κ3) is 6.04. The Morgan fingerprint density at radius 3 is 2.41 bits per heavy atom. The van der Waals surface area contributed by atoms with E-state index in [1.807, 2.05) is 25.1 Å². The first-order valence-corrected chi connectivity index (χ1v) is 13.1. The second kappa shape index (κ2) is 10.4. The van der Waals surface area contributed by atoms with E-state index in [9.17, 15) is 13.2 Å². The lowest BCUT2D eigenvalue weighted by molar-refractivity contribution is 0.0950. The van der Waals surface area contributed by atoms with Gasteiger partial charge in [0.15, 0.2) is 0 Å². The maximum absolute atomic E-state index is 13.0. The van der Waals surface area contributed by atoms with Crippen LogP contribution in [0.15, 0.2) is 71.6 Å². The van der Waals surface area contributed by atoms with Crippen LogP contribution in [0.25, 0.3) is 0 Å². The zero-order valence-electron chi connectivity index (χ0n) is 19.7. The van der Waals surface area contributed by atoms with Crippen molar-refractivity contribution in [3.05, 3.63) is 94.5 Å². The van der Waals surface area contributed by atoms with Crippen molar-refractivity contribution in [2.45, 2.75) is 44.7 Å². The van der Waals surface area contributed by atoms with Gasteiger partial charge in [-0.15, -0.1) is 0 Å². The van der Waals surface area contributed by atoms with Crippen LogP contribution in [0, 0.1) is 13.8 Å². The number of benzene rings is 3. The lowest BCUT2D eigenvalue weighted by Crippen LogP contribution is -2.24. The molecule has 1 aliphatic heterocycles. The minimum Gasteiger partial charge on any atom is -0.348 e. The smallest absolute Gasteiger partial charge is 0.262 e. The van der Waals surface area contributed by atoms with Gasteiger partial charge in [0.05, 0.1) is 4.90 Å². The average molecular weight is 478 g/mol. The summed E-state index contributed by atoms with van der Waals surface area (Å²) in [7, 11) is -3.84. The van der Waals surface area contributed by atoms with Gasteiger partial charge in [0.25, 0.3) is 15.9 Å². The van der Waals surface area contributed by atoms with Gasteiger partial charge in [-0.1, -0.05) is 42.5 Å². The summed E-state index contributed by atoms with van der Waals surface area (Å²) < 4.78 is 28.7. The number of nitrogens with one attached hydrogen (secondary N) is 2. The number of nitrogens with zero attached hydrogens (tertiary/aromatic N) is 1. The molecule has 0 unspecified atom stereocenters. The fourth-order valence-corrected chi connectivity index (χ4v) is 5.59. The molecule has 0 spiro atoms. The Balaban J connectivity index is 1.44. The lowest BCUT2D eigenvalue weighted by atomic mass is 10.1. The molecule has 3 aromatic carbocycles. The molecule has 0 atom stereocenters. The molecule has 4 rings (SSSR count). The number of hydrogen-bond donors (Lipinski definition) is 2. The Labute approximate surface area is 202 Å². The first-order chi connectivity index (χ1) is 16.3. The fraction of sp³-hybridized carbons (Fsp3) is 0.296. The van der Waals surface area contributed by atoms with E-state index in [0.29, 0.717) is 23.4 Å². The van der Waals surface area contributed by atoms with E-state index in [-0.39, 0.29) is 10.8 Å². The van der Waals surface area contributed by atoms with Gasteiger partial charge in [-0.25, -0.2) is 8.42 Å². The number of anilines is 1. The highest BCUT2D eigenvalue weighted by molar-refractivity contribution is 7.92. The van der Waals surface area contributed by atoms with Gasteiger partial charge in [0, 0.05) is 24.3 Å². The first kappa shape index (κ1) is 24.0. The quantitative estimate of drug-likeness (QED) is 0.496. The molecule has 0 bridgehead atoms. The van der Waals surface area contributed by atoms with E-state index >= 15 is 0 Å². The van der Waals surface area contributed by atoms with E-state index in [1.165, 1.54) is 24.5 Å². The predicted octanol–water partition coefficient (Wildman–Crippen LogP) is 4.63. The van der Waals surface area contributed by atoms with Crippen LogP contribution in [-0.4, -0.2) is 32.3 Å². The van der Waals surface area contributed by atoms with Crippen LogP contribution in [-0.2, 0) is 23.1 Å². The van der Waals surface area contributed by atoms with Crippen LogP contribution in [0.3, 0.4) is 0 Å². The number of rotatable bonds is 8. The number of sulfonamides is 1. The SMILES string of the molecule is Cc1cccc(NS(=O)(=O)c2cc(C(=O)NCc3cccc(CN4CCCC4)c3)ccc2C)c1. The molecule has 0 saturated carbocycles. The van der Waals surface area contributed by atoms with Crippen molar-refractivity contribution in [2.75, 3.05) is 17.8 Å². The van der Waals surface area contributed by atoms with Crippen molar-refractivity contribution in [1.29, 1.82) is 0 Å². The summed E-state index contributed by atoms with van der Waals surface area (Å²) in [6, 6.07) is 20.2. The number of likely N-dealkylation sites (tertiary alicyclic amines) is 1. The van der Waals surface area contributed by atoms with Crippen LogP contribution < -0.4 is 10.0 Å². The number of amides is 1. The summed E-state index contributed by atoms with van der Waals surface area (Å²) in [4.78, 5) is 15.4. The minimum absolute atomic E-state index is 0.0919. The molecule has 1 aliphatic rings. The monoisotopic (exact) mass is 477 g/mol. The van der Waals surface area contributed by atoms with Gasteiger partial charge in [-0.3, -0.25) is 14.4 Å². The van der Waals surface area contributed by atoms with Crippen molar-refractivity contribution in [3.63, 3.8) is 0 Å². The Morgan fingerprint density at radius 1 is 0.912 bits per heavy atom. The maximum Gasteiger partial charge on any atom is 0.262 e. The molecule has 1 amide bonds. The summed E-state index contributed by atoms with van der Waals surface area (Å²) in [6.07, 6.45) is 2.51. The molecule has 3 aromatic rings. The van der Waals surface area contributed by atoms with E-state index in [0.717, 1.165) is 30.8 Å². The number of aryl methyl sites for hydroxylation is 2. The summed E-state index contributed by atoms with van der Waals surface area (Å²) in [5, 5.41) is 2.92. The molecule has 178 valence electrons. The van der Waals surface area contributed by atoms with E-state index in [4.69, 9.17) is 0 Å².